The Kier molecular flexibility index (Phi) is 2.08. The number of aryl methyl sites for hydroxylation is 3. The van der Waals surface area contributed by atoms with E-state index in [1.165, 1.54) is 20.7 Å². The van der Waals surface area contributed by atoms with E-state index in [0.29, 0.717) is 0 Å². The van der Waals surface area contributed by atoms with Crippen molar-refractivity contribution in [3.05, 3.63) is 28.4 Å². The molecule has 0 aliphatic heterocycles. The molecule has 2 heterocycles. The maximum Gasteiger partial charge on any atom is 0.0582 e. The molecule has 2 aromatic heterocycles. The van der Waals surface area contributed by atoms with E-state index in [2.05, 4.69) is 37.9 Å². The highest BCUT2D eigenvalue weighted by molar-refractivity contribution is 7.19. The summed E-state index contributed by atoms with van der Waals surface area (Å²) < 4.78 is 1.37. The van der Waals surface area contributed by atoms with Crippen molar-refractivity contribution in [1.29, 1.82) is 0 Å². The van der Waals surface area contributed by atoms with Crippen LogP contribution in [-0.4, -0.2) is 4.98 Å². The molecule has 13 heavy (non-hydrogen) atoms. The average molecular weight is 191 g/mol. The number of nitrogens with zero attached hydrogens (tertiary/aromatic N) is 1. The van der Waals surface area contributed by atoms with Crippen molar-refractivity contribution < 1.29 is 0 Å². The van der Waals surface area contributed by atoms with E-state index in [9.17, 15) is 0 Å². The number of hydrogen-bond acceptors (Lipinski definition) is 2. The van der Waals surface area contributed by atoms with Gasteiger partial charge in [0.15, 0.2) is 0 Å². The van der Waals surface area contributed by atoms with Gasteiger partial charge in [-0.05, 0) is 37.8 Å². The molecule has 0 atom stereocenters. The molecule has 0 saturated carbocycles. The van der Waals surface area contributed by atoms with Gasteiger partial charge in [0.05, 0.1) is 10.4 Å². The number of thiophene rings is 1. The minimum Gasteiger partial charge on any atom is -0.257 e. The van der Waals surface area contributed by atoms with Crippen molar-refractivity contribution in [1.82, 2.24) is 4.98 Å². The van der Waals surface area contributed by atoms with Gasteiger partial charge in [-0.3, -0.25) is 4.98 Å². The fourth-order valence-electron chi connectivity index (χ4n) is 1.63. The van der Waals surface area contributed by atoms with Gasteiger partial charge in [0.2, 0.25) is 0 Å². The van der Waals surface area contributed by atoms with Crippen LogP contribution in [0, 0.1) is 13.8 Å². The molecule has 2 aromatic rings. The summed E-state index contributed by atoms with van der Waals surface area (Å²) in [7, 11) is 0. The zero-order chi connectivity index (χ0) is 9.42. The van der Waals surface area contributed by atoms with Crippen LogP contribution >= 0.6 is 11.3 Å². The Bertz CT molecular complexity index is 443. The standard InChI is InChI=1S/C11H13NS/c1-4-10-11-9(5-7(2)12-10)6-8(3)13-11/h5-6H,4H2,1-3H3. The van der Waals surface area contributed by atoms with E-state index in [0.717, 1.165) is 12.1 Å². The molecule has 0 unspecified atom stereocenters. The van der Waals surface area contributed by atoms with Crippen LogP contribution in [0.4, 0.5) is 0 Å². The van der Waals surface area contributed by atoms with Crippen LogP contribution in [0.25, 0.3) is 10.1 Å². The van der Waals surface area contributed by atoms with Crippen molar-refractivity contribution in [3.8, 4) is 0 Å². The zero-order valence-electron chi connectivity index (χ0n) is 8.22. The molecule has 0 aliphatic carbocycles. The lowest BCUT2D eigenvalue weighted by Crippen LogP contribution is -1.89. The van der Waals surface area contributed by atoms with Crippen LogP contribution in [0.3, 0.4) is 0 Å². The van der Waals surface area contributed by atoms with Gasteiger partial charge in [0.25, 0.3) is 0 Å². The van der Waals surface area contributed by atoms with Gasteiger partial charge in [0, 0.05) is 10.6 Å². The minimum atomic E-state index is 1.03. The number of rotatable bonds is 1. The second kappa shape index (κ2) is 3.11. The molecule has 0 N–H and O–H groups in total. The summed E-state index contributed by atoms with van der Waals surface area (Å²) in [6.07, 6.45) is 1.03. The highest BCUT2D eigenvalue weighted by atomic mass is 32.1. The number of hydrogen-bond donors (Lipinski definition) is 0. The van der Waals surface area contributed by atoms with Crippen molar-refractivity contribution >= 4 is 21.4 Å². The summed E-state index contributed by atoms with van der Waals surface area (Å²) in [4.78, 5) is 5.92. The van der Waals surface area contributed by atoms with E-state index in [4.69, 9.17) is 0 Å². The summed E-state index contributed by atoms with van der Waals surface area (Å²) in [6, 6.07) is 4.41. The molecule has 0 bridgehead atoms. The Morgan fingerprint density at radius 2 is 2.08 bits per heavy atom. The monoisotopic (exact) mass is 191 g/mol. The quantitative estimate of drug-likeness (QED) is 0.672. The molecule has 2 rings (SSSR count). The number of pyridine rings is 1. The molecule has 2 heteroatoms. The van der Waals surface area contributed by atoms with Gasteiger partial charge < -0.3 is 0 Å². The zero-order valence-corrected chi connectivity index (χ0v) is 9.03. The van der Waals surface area contributed by atoms with Crippen LogP contribution < -0.4 is 0 Å². The van der Waals surface area contributed by atoms with Crippen LogP contribution in [0.2, 0.25) is 0 Å². The predicted molar refractivity (Wildman–Crippen MR) is 58.5 cm³/mol. The molecule has 0 spiro atoms. The Morgan fingerprint density at radius 1 is 1.31 bits per heavy atom. The first-order chi connectivity index (χ1) is 6.20. The van der Waals surface area contributed by atoms with E-state index >= 15 is 0 Å². The van der Waals surface area contributed by atoms with Gasteiger partial charge in [-0.1, -0.05) is 6.92 Å². The largest absolute Gasteiger partial charge is 0.257 e. The van der Waals surface area contributed by atoms with Gasteiger partial charge in [-0.25, -0.2) is 0 Å². The molecular formula is C11H13NS. The smallest absolute Gasteiger partial charge is 0.0582 e. The first-order valence-electron chi connectivity index (χ1n) is 4.57. The topological polar surface area (TPSA) is 12.9 Å². The molecule has 0 fully saturated rings. The van der Waals surface area contributed by atoms with Crippen molar-refractivity contribution in [2.24, 2.45) is 0 Å². The van der Waals surface area contributed by atoms with E-state index in [1.807, 2.05) is 11.3 Å². The highest BCUT2D eigenvalue weighted by Gasteiger charge is 2.05. The Labute approximate surface area is 82.4 Å². The van der Waals surface area contributed by atoms with E-state index in [-0.39, 0.29) is 0 Å². The summed E-state index contributed by atoms with van der Waals surface area (Å²) >= 11 is 1.85. The van der Waals surface area contributed by atoms with Crippen molar-refractivity contribution in [2.75, 3.05) is 0 Å². The van der Waals surface area contributed by atoms with Crippen molar-refractivity contribution in [3.63, 3.8) is 0 Å². The van der Waals surface area contributed by atoms with E-state index in [1.54, 1.807) is 0 Å². The fourth-order valence-corrected chi connectivity index (χ4v) is 2.68. The number of fused-ring (bicyclic) bond motifs is 1. The molecule has 0 amide bonds. The average Bonchev–Trinajstić information content (AvgIpc) is 2.43. The van der Waals surface area contributed by atoms with E-state index < -0.39 is 0 Å². The second-order valence-corrected chi connectivity index (χ2v) is 4.60. The van der Waals surface area contributed by atoms with Gasteiger partial charge in [0.1, 0.15) is 0 Å². The Balaban J connectivity index is 2.80. The van der Waals surface area contributed by atoms with Gasteiger partial charge in [-0.15, -0.1) is 11.3 Å². The minimum absolute atomic E-state index is 1.03. The summed E-state index contributed by atoms with van der Waals surface area (Å²) in [6.45, 7) is 6.38. The molecule has 0 saturated heterocycles. The second-order valence-electron chi connectivity index (χ2n) is 3.34. The highest BCUT2D eigenvalue weighted by Crippen LogP contribution is 2.28. The third kappa shape index (κ3) is 1.46. The van der Waals surface area contributed by atoms with Gasteiger partial charge in [-0.2, -0.15) is 0 Å². The lowest BCUT2D eigenvalue weighted by molar-refractivity contribution is 1.03. The van der Waals surface area contributed by atoms with Crippen LogP contribution in [0.15, 0.2) is 12.1 Å². The summed E-state index contributed by atoms with van der Waals surface area (Å²) in [5, 5.41) is 1.35. The van der Waals surface area contributed by atoms with Crippen LogP contribution in [-0.2, 0) is 6.42 Å². The Hall–Kier alpha value is -0.890. The summed E-state index contributed by atoms with van der Waals surface area (Å²) in [5.41, 5.74) is 2.37. The third-order valence-electron chi connectivity index (χ3n) is 2.16. The fraction of sp³-hybridized carbons (Fsp3) is 0.364. The normalized spacial score (nSPS) is 11.0. The maximum atomic E-state index is 4.54. The predicted octanol–water partition coefficient (Wildman–Crippen LogP) is 3.48. The molecule has 0 aromatic carbocycles. The maximum absolute atomic E-state index is 4.54. The first-order valence-corrected chi connectivity index (χ1v) is 5.39. The Morgan fingerprint density at radius 3 is 2.77 bits per heavy atom. The summed E-state index contributed by atoms with van der Waals surface area (Å²) in [5.74, 6) is 0. The van der Waals surface area contributed by atoms with Gasteiger partial charge >= 0.3 is 0 Å². The first kappa shape index (κ1) is 8.70. The lowest BCUT2D eigenvalue weighted by atomic mass is 10.2. The molecule has 68 valence electrons. The molecule has 0 radical (unpaired) electrons. The lowest BCUT2D eigenvalue weighted by Gasteiger charge is -1.99. The van der Waals surface area contributed by atoms with Crippen molar-refractivity contribution in [2.45, 2.75) is 27.2 Å². The van der Waals surface area contributed by atoms with Crippen LogP contribution in [0.5, 0.6) is 0 Å². The number of aromatic nitrogens is 1. The third-order valence-corrected chi connectivity index (χ3v) is 3.27. The molecule has 1 nitrogen and oxygen atoms in total. The molecule has 0 aliphatic rings. The SMILES string of the molecule is CCc1nc(C)cc2cc(C)sc12. The molecular weight excluding hydrogens is 178 g/mol. The van der Waals surface area contributed by atoms with Crippen LogP contribution in [0.1, 0.15) is 23.2 Å².